The van der Waals surface area contributed by atoms with Gasteiger partial charge in [-0.3, -0.25) is 0 Å². The molecule has 0 aliphatic rings. The van der Waals surface area contributed by atoms with Gasteiger partial charge in [-0.2, -0.15) is 5.26 Å². The molecule has 2 aromatic carbocycles. The Labute approximate surface area is 116 Å². The molecular formula is C16H14F2N2. The number of nitrogens with zero attached hydrogens (tertiary/aromatic N) is 1. The fourth-order valence-corrected chi connectivity index (χ4v) is 1.94. The van der Waals surface area contributed by atoms with Crippen LogP contribution in [0.1, 0.15) is 29.7 Å². The summed E-state index contributed by atoms with van der Waals surface area (Å²) in [5, 5.41) is 11.9. The van der Waals surface area contributed by atoms with Gasteiger partial charge in [-0.25, -0.2) is 8.78 Å². The second-order valence-corrected chi connectivity index (χ2v) is 4.58. The van der Waals surface area contributed by atoms with Gasteiger partial charge < -0.3 is 5.32 Å². The molecule has 0 amide bonds. The lowest BCUT2D eigenvalue weighted by Gasteiger charge is -2.15. The molecule has 1 atom stereocenters. The lowest BCUT2D eigenvalue weighted by Crippen LogP contribution is -2.19. The second kappa shape index (κ2) is 6.27. The normalized spacial score (nSPS) is 11.9. The van der Waals surface area contributed by atoms with Gasteiger partial charge in [0.05, 0.1) is 11.6 Å². The lowest BCUT2D eigenvalue weighted by molar-refractivity contribution is 0.540. The zero-order valence-corrected chi connectivity index (χ0v) is 11.0. The second-order valence-electron chi connectivity index (χ2n) is 4.58. The minimum atomic E-state index is -0.358. The first kappa shape index (κ1) is 14.2. The van der Waals surface area contributed by atoms with Crippen LogP contribution in [-0.4, -0.2) is 0 Å². The van der Waals surface area contributed by atoms with Crippen molar-refractivity contribution in [1.82, 2.24) is 5.32 Å². The molecule has 0 heterocycles. The Balaban J connectivity index is 2.07. The summed E-state index contributed by atoms with van der Waals surface area (Å²) in [4.78, 5) is 0. The summed E-state index contributed by atoms with van der Waals surface area (Å²) in [6.07, 6.45) is 0. The Bertz CT molecular complexity index is 647. The van der Waals surface area contributed by atoms with E-state index < -0.39 is 0 Å². The average Bonchev–Trinajstić information content (AvgIpc) is 2.46. The quantitative estimate of drug-likeness (QED) is 0.921. The highest BCUT2D eigenvalue weighted by atomic mass is 19.1. The summed E-state index contributed by atoms with van der Waals surface area (Å²) in [6.45, 7) is 2.15. The molecule has 2 nitrogen and oxygen atoms in total. The van der Waals surface area contributed by atoms with Crippen molar-refractivity contribution < 1.29 is 8.78 Å². The Morgan fingerprint density at radius 3 is 2.70 bits per heavy atom. The van der Waals surface area contributed by atoms with Gasteiger partial charge in [-0.05, 0) is 42.8 Å². The number of nitrogens with one attached hydrogen (secondary N) is 1. The fourth-order valence-electron chi connectivity index (χ4n) is 1.94. The summed E-state index contributed by atoms with van der Waals surface area (Å²) in [5.74, 6) is -0.656. The van der Waals surface area contributed by atoms with Crippen molar-refractivity contribution in [2.45, 2.75) is 19.5 Å². The Morgan fingerprint density at radius 1 is 1.20 bits per heavy atom. The molecular weight excluding hydrogens is 258 g/mol. The van der Waals surface area contributed by atoms with Crippen LogP contribution in [0.3, 0.4) is 0 Å². The van der Waals surface area contributed by atoms with Gasteiger partial charge in [0.25, 0.3) is 0 Å². The van der Waals surface area contributed by atoms with Crippen molar-refractivity contribution in [3.05, 3.63) is 70.8 Å². The molecule has 0 aliphatic carbocycles. The molecule has 1 N–H and O–H groups in total. The van der Waals surface area contributed by atoms with E-state index in [1.165, 1.54) is 30.3 Å². The van der Waals surface area contributed by atoms with E-state index in [1.807, 2.05) is 19.1 Å². The van der Waals surface area contributed by atoms with Crippen LogP contribution in [0.4, 0.5) is 8.78 Å². The van der Waals surface area contributed by atoms with Crippen LogP contribution in [0.15, 0.2) is 42.5 Å². The van der Waals surface area contributed by atoms with Crippen LogP contribution < -0.4 is 5.32 Å². The molecule has 0 saturated carbocycles. The molecule has 102 valence electrons. The largest absolute Gasteiger partial charge is 0.306 e. The molecule has 20 heavy (non-hydrogen) atoms. The third-order valence-electron chi connectivity index (χ3n) is 3.12. The van der Waals surface area contributed by atoms with Crippen LogP contribution in [0.5, 0.6) is 0 Å². The Morgan fingerprint density at radius 2 is 2.00 bits per heavy atom. The first-order valence-electron chi connectivity index (χ1n) is 6.27. The number of halogens is 2. The van der Waals surface area contributed by atoms with E-state index >= 15 is 0 Å². The predicted octanol–water partition coefficient (Wildman–Crippen LogP) is 3.69. The maximum atomic E-state index is 13.6. The standard InChI is InChI=1S/C16H14F2N2/c1-11(13-3-2-4-15(17)8-13)20-10-14-7-12(9-19)5-6-16(14)18/h2-8,11,20H,10H2,1H3/t11-/m0/s1. The smallest absolute Gasteiger partial charge is 0.127 e. The number of hydrogen-bond acceptors (Lipinski definition) is 2. The van der Waals surface area contributed by atoms with E-state index in [-0.39, 0.29) is 24.2 Å². The first-order valence-corrected chi connectivity index (χ1v) is 6.27. The number of benzene rings is 2. The molecule has 0 aliphatic heterocycles. The molecule has 0 bridgehead atoms. The van der Waals surface area contributed by atoms with Crippen LogP contribution in [0.2, 0.25) is 0 Å². The van der Waals surface area contributed by atoms with Crippen LogP contribution >= 0.6 is 0 Å². The van der Waals surface area contributed by atoms with Crippen molar-refractivity contribution in [1.29, 1.82) is 5.26 Å². The molecule has 2 rings (SSSR count). The van der Waals surface area contributed by atoms with E-state index in [1.54, 1.807) is 6.07 Å². The third kappa shape index (κ3) is 3.40. The highest BCUT2D eigenvalue weighted by molar-refractivity contribution is 5.33. The minimum absolute atomic E-state index is 0.115. The average molecular weight is 272 g/mol. The van der Waals surface area contributed by atoms with E-state index in [4.69, 9.17) is 5.26 Å². The molecule has 0 radical (unpaired) electrons. The van der Waals surface area contributed by atoms with Crippen molar-refractivity contribution in [3.8, 4) is 6.07 Å². The summed E-state index contributed by atoms with van der Waals surface area (Å²) in [7, 11) is 0. The SMILES string of the molecule is C[C@H](NCc1cc(C#N)ccc1F)c1cccc(F)c1. The summed E-state index contributed by atoms with van der Waals surface area (Å²) in [5.41, 5.74) is 1.63. The Hall–Kier alpha value is -2.25. The predicted molar refractivity (Wildman–Crippen MR) is 72.8 cm³/mol. The zero-order valence-electron chi connectivity index (χ0n) is 11.0. The van der Waals surface area contributed by atoms with Crippen LogP contribution in [0.25, 0.3) is 0 Å². The van der Waals surface area contributed by atoms with E-state index in [2.05, 4.69) is 5.32 Å². The molecule has 2 aromatic rings. The maximum absolute atomic E-state index is 13.6. The van der Waals surface area contributed by atoms with E-state index in [0.29, 0.717) is 11.1 Å². The van der Waals surface area contributed by atoms with Crippen LogP contribution in [-0.2, 0) is 6.54 Å². The highest BCUT2D eigenvalue weighted by Crippen LogP contribution is 2.16. The molecule has 0 fully saturated rings. The van der Waals surface area contributed by atoms with E-state index in [0.717, 1.165) is 5.56 Å². The summed E-state index contributed by atoms with van der Waals surface area (Å²) >= 11 is 0. The lowest BCUT2D eigenvalue weighted by atomic mass is 10.1. The highest BCUT2D eigenvalue weighted by Gasteiger charge is 2.08. The van der Waals surface area contributed by atoms with Gasteiger partial charge in [0.15, 0.2) is 0 Å². The monoisotopic (exact) mass is 272 g/mol. The van der Waals surface area contributed by atoms with Crippen molar-refractivity contribution in [3.63, 3.8) is 0 Å². The van der Waals surface area contributed by atoms with Gasteiger partial charge >= 0.3 is 0 Å². The van der Waals surface area contributed by atoms with Gasteiger partial charge in [-0.15, -0.1) is 0 Å². The van der Waals surface area contributed by atoms with E-state index in [9.17, 15) is 8.78 Å². The van der Waals surface area contributed by atoms with Crippen molar-refractivity contribution in [2.24, 2.45) is 0 Å². The van der Waals surface area contributed by atoms with Gasteiger partial charge in [-0.1, -0.05) is 12.1 Å². The summed E-state index contributed by atoms with van der Waals surface area (Å²) < 4.78 is 26.7. The van der Waals surface area contributed by atoms with Gasteiger partial charge in [0.2, 0.25) is 0 Å². The Kier molecular flexibility index (Phi) is 4.44. The topological polar surface area (TPSA) is 35.8 Å². The molecule has 0 spiro atoms. The maximum Gasteiger partial charge on any atom is 0.127 e. The van der Waals surface area contributed by atoms with Crippen molar-refractivity contribution >= 4 is 0 Å². The zero-order chi connectivity index (χ0) is 14.5. The van der Waals surface area contributed by atoms with Gasteiger partial charge in [0.1, 0.15) is 11.6 Å². The van der Waals surface area contributed by atoms with Crippen LogP contribution in [0, 0.1) is 23.0 Å². The molecule has 0 aromatic heterocycles. The number of rotatable bonds is 4. The number of hydrogen-bond donors (Lipinski definition) is 1. The minimum Gasteiger partial charge on any atom is -0.306 e. The number of nitriles is 1. The molecule has 0 saturated heterocycles. The fraction of sp³-hybridized carbons (Fsp3) is 0.188. The molecule has 0 unspecified atom stereocenters. The summed E-state index contributed by atoms with van der Waals surface area (Å²) in [6, 6.07) is 12.4. The van der Waals surface area contributed by atoms with Gasteiger partial charge in [0, 0.05) is 18.2 Å². The molecule has 4 heteroatoms. The third-order valence-corrected chi connectivity index (χ3v) is 3.12. The van der Waals surface area contributed by atoms with Crippen molar-refractivity contribution in [2.75, 3.05) is 0 Å². The first-order chi connectivity index (χ1) is 9.60.